The van der Waals surface area contributed by atoms with Crippen LogP contribution in [0.15, 0.2) is 24.3 Å². The molecule has 1 aromatic carbocycles. The van der Waals surface area contributed by atoms with Crippen LogP contribution < -0.4 is 5.32 Å². The number of nitrogens with zero attached hydrogens (tertiary/aromatic N) is 1. The van der Waals surface area contributed by atoms with Gasteiger partial charge in [0.05, 0.1) is 5.41 Å². The Kier molecular flexibility index (Phi) is 3.24. The molecule has 3 rings (SSSR count). The molecule has 2 heterocycles. The van der Waals surface area contributed by atoms with E-state index >= 15 is 0 Å². The van der Waals surface area contributed by atoms with Crippen LogP contribution in [0.1, 0.15) is 37.3 Å². The van der Waals surface area contributed by atoms with E-state index in [0.29, 0.717) is 26.1 Å². The summed E-state index contributed by atoms with van der Waals surface area (Å²) in [4.78, 5) is 26.1. The number of fused-ring (bicyclic) bond motifs is 2. The van der Waals surface area contributed by atoms with Crippen LogP contribution in [0.3, 0.4) is 0 Å². The van der Waals surface area contributed by atoms with Gasteiger partial charge in [0.25, 0.3) is 0 Å². The van der Waals surface area contributed by atoms with Crippen molar-refractivity contribution in [3.8, 4) is 0 Å². The first kappa shape index (κ1) is 13.2. The third kappa shape index (κ3) is 1.90. The number of piperidine rings is 1. The second-order valence-corrected chi connectivity index (χ2v) is 5.66. The maximum atomic E-state index is 12.5. The Morgan fingerprint density at radius 2 is 2.00 bits per heavy atom. The highest BCUT2D eigenvalue weighted by Gasteiger charge is 2.46. The van der Waals surface area contributed by atoms with Gasteiger partial charge in [-0.05, 0) is 24.0 Å². The van der Waals surface area contributed by atoms with Gasteiger partial charge in [-0.2, -0.15) is 0 Å². The number of carbonyl (C=O) groups excluding carboxylic acids is 2. The Labute approximate surface area is 119 Å². The Hall–Kier alpha value is -1.84. The first-order valence-electron chi connectivity index (χ1n) is 7.32. The van der Waals surface area contributed by atoms with Gasteiger partial charge in [0.15, 0.2) is 0 Å². The minimum atomic E-state index is -0.431. The van der Waals surface area contributed by atoms with E-state index in [2.05, 4.69) is 17.4 Å². The van der Waals surface area contributed by atoms with Gasteiger partial charge in [0.2, 0.25) is 11.8 Å². The number of benzene rings is 1. The Morgan fingerprint density at radius 1 is 1.30 bits per heavy atom. The van der Waals surface area contributed by atoms with Crippen molar-refractivity contribution in [3.05, 3.63) is 35.4 Å². The van der Waals surface area contributed by atoms with E-state index in [0.717, 1.165) is 18.4 Å². The minimum absolute atomic E-state index is 0.125. The van der Waals surface area contributed by atoms with Crippen molar-refractivity contribution in [2.24, 2.45) is 0 Å². The molecule has 1 spiro atoms. The normalized spacial score (nSPS) is 20.4. The summed E-state index contributed by atoms with van der Waals surface area (Å²) in [6, 6.07) is 8.17. The summed E-state index contributed by atoms with van der Waals surface area (Å²) in [6.07, 6.45) is 1.99. The van der Waals surface area contributed by atoms with Gasteiger partial charge >= 0.3 is 0 Å². The standard InChI is InChI=1S/C16H20N2O2/c1-2-14(19)18-9-7-16(8-10-18)13-6-4-3-5-12(13)11-17-15(16)20/h3-6H,2,7-11H2,1H3,(H,17,20). The Balaban J connectivity index is 1.90. The fourth-order valence-electron chi connectivity index (χ4n) is 3.47. The molecule has 4 heteroatoms. The van der Waals surface area contributed by atoms with Crippen LogP contribution in [-0.4, -0.2) is 29.8 Å². The molecule has 0 aromatic heterocycles. The maximum Gasteiger partial charge on any atom is 0.231 e. The lowest BCUT2D eigenvalue weighted by atomic mass is 9.68. The third-order valence-corrected chi connectivity index (χ3v) is 4.68. The third-order valence-electron chi connectivity index (χ3n) is 4.68. The van der Waals surface area contributed by atoms with Crippen molar-refractivity contribution >= 4 is 11.8 Å². The zero-order chi connectivity index (χ0) is 14.2. The van der Waals surface area contributed by atoms with Crippen LogP contribution in [-0.2, 0) is 21.5 Å². The minimum Gasteiger partial charge on any atom is -0.351 e. The van der Waals surface area contributed by atoms with E-state index < -0.39 is 5.41 Å². The van der Waals surface area contributed by atoms with Gasteiger partial charge in [-0.15, -0.1) is 0 Å². The lowest BCUT2D eigenvalue weighted by Crippen LogP contribution is -2.55. The Bertz CT molecular complexity index is 545. The van der Waals surface area contributed by atoms with Crippen molar-refractivity contribution in [2.45, 2.75) is 38.1 Å². The van der Waals surface area contributed by atoms with Crippen LogP contribution >= 0.6 is 0 Å². The van der Waals surface area contributed by atoms with Crippen LogP contribution in [0.4, 0.5) is 0 Å². The summed E-state index contributed by atoms with van der Waals surface area (Å²) < 4.78 is 0. The summed E-state index contributed by atoms with van der Waals surface area (Å²) in [5.74, 6) is 0.309. The average Bonchev–Trinajstić information content (AvgIpc) is 2.51. The fourth-order valence-corrected chi connectivity index (χ4v) is 3.47. The summed E-state index contributed by atoms with van der Waals surface area (Å²) in [5, 5.41) is 3.01. The van der Waals surface area contributed by atoms with Crippen molar-refractivity contribution in [2.75, 3.05) is 13.1 Å². The monoisotopic (exact) mass is 272 g/mol. The average molecular weight is 272 g/mol. The van der Waals surface area contributed by atoms with Crippen molar-refractivity contribution in [1.82, 2.24) is 10.2 Å². The number of carbonyl (C=O) groups is 2. The van der Waals surface area contributed by atoms with Crippen molar-refractivity contribution in [3.63, 3.8) is 0 Å². The van der Waals surface area contributed by atoms with Gasteiger partial charge in [-0.25, -0.2) is 0 Å². The van der Waals surface area contributed by atoms with E-state index in [-0.39, 0.29) is 11.8 Å². The number of rotatable bonds is 1. The molecular weight excluding hydrogens is 252 g/mol. The van der Waals surface area contributed by atoms with Crippen LogP contribution in [0.25, 0.3) is 0 Å². The van der Waals surface area contributed by atoms with E-state index in [1.54, 1.807) is 0 Å². The van der Waals surface area contributed by atoms with Crippen LogP contribution in [0.2, 0.25) is 0 Å². The molecule has 2 amide bonds. The summed E-state index contributed by atoms with van der Waals surface area (Å²) in [5.41, 5.74) is 1.94. The molecule has 1 aromatic rings. The zero-order valence-electron chi connectivity index (χ0n) is 11.8. The highest BCUT2D eigenvalue weighted by atomic mass is 16.2. The van der Waals surface area contributed by atoms with E-state index in [9.17, 15) is 9.59 Å². The lowest BCUT2D eigenvalue weighted by Gasteiger charge is -2.44. The highest BCUT2D eigenvalue weighted by Crippen LogP contribution is 2.40. The fraction of sp³-hybridized carbons (Fsp3) is 0.500. The quantitative estimate of drug-likeness (QED) is 0.844. The zero-order valence-corrected chi connectivity index (χ0v) is 11.8. The van der Waals surface area contributed by atoms with E-state index in [4.69, 9.17) is 0 Å². The second kappa shape index (κ2) is 4.93. The molecule has 2 aliphatic rings. The molecule has 1 fully saturated rings. The largest absolute Gasteiger partial charge is 0.351 e. The number of likely N-dealkylation sites (tertiary alicyclic amines) is 1. The highest BCUT2D eigenvalue weighted by molar-refractivity contribution is 5.90. The molecular formula is C16H20N2O2. The summed E-state index contributed by atoms with van der Waals surface area (Å²) >= 11 is 0. The predicted octanol–water partition coefficient (Wildman–Crippen LogP) is 1.59. The van der Waals surface area contributed by atoms with Gasteiger partial charge in [-0.1, -0.05) is 31.2 Å². The van der Waals surface area contributed by atoms with Gasteiger partial charge in [0.1, 0.15) is 0 Å². The molecule has 20 heavy (non-hydrogen) atoms. The van der Waals surface area contributed by atoms with Crippen molar-refractivity contribution in [1.29, 1.82) is 0 Å². The molecule has 4 nitrogen and oxygen atoms in total. The van der Waals surface area contributed by atoms with Gasteiger partial charge in [0, 0.05) is 26.1 Å². The second-order valence-electron chi connectivity index (χ2n) is 5.66. The molecule has 0 saturated carbocycles. The maximum absolute atomic E-state index is 12.5. The SMILES string of the molecule is CCC(=O)N1CCC2(CC1)C(=O)NCc1ccccc12. The molecule has 0 atom stereocenters. The molecule has 2 aliphatic heterocycles. The smallest absolute Gasteiger partial charge is 0.231 e. The van der Waals surface area contributed by atoms with E-state index in [1.165, 1.54) is 5.56 Å². The molecule has 0 bridgehead atoms. The predicted molar refractivity (Wildman–Crippen MR) is 76.1 cm³/mol. The van der Waals surface area contributed by atoms with Gasteiger partial charge < -0.3 is 10.2 Å². The summed E-state index contributed by atoms with van der Waals surface area (Å²) in [6.45, 7) is 3.85. The first-order chi connectivity index (χ1) is 9.67. The molecule has 0 unspecified atom stereocenters. The molecule has 106 valence electrons. The number of amides is 2. The number of hydrogen-bond acceptors (Lipinski definition) is 2. The first-order valence-corrected chi connectivity index (χ1v) is 7.32. The van der Waals surface area contributed by atoms with Gasteiger partial charge in [-0.3, -0.25) is 9.59 Å². The van der Waals surface area contributed by atoms with E-state index in [1.807, 2.05) is 24.0 Å². The topological polar surface area (TPSA) is 49.4 Å². The number of hydrogen-bond donors (Lipinski definition) is 1. The van der Waals surface area contributed by atoms with Crippen LogP contribution in [0.5, 0.6) is 0 Å². The lowest BCUT2D eigenvalue weighted by molar-refractivity contribution is -0.137. The van der Waals surface area contributed by atoms with Crippen LogP contribution in [0, 0.1) is 0 Å². The Morgan fingerprint density at radius 3 is 2.70 bits per heavy atom. The summed E-state index contributed by atoms with van der Waals surface area (Å²) in [7, 11) is 0. The molecule has 0 radical (unpaired) electrons. The number of nitrogens with one attached hydrogen (secondary N) is 1. The molecule has 1 saturated heterocycles. The molecule has 1 N–H and O–H groups in total. The van der Waals surface area contributed by atoms with Crippen molar-refractivity contribution < 1.29 is 9.59 Å². The molecule has 0 aliphatic carbocycles.